The summed E-state index contributed by atoms with van der Waals surface area (Å²) in [6.07, 6.45) is 1.43. The zero-order valence-corrected chi connectivity index (χ0v) is 16.9. The molecular formula is C21H25N5O3. The van der Waals surface area contributed by atoms with E-state index in [9.17, 15) is 14.4 Å². The van der Waals surface area contributed by atoms with Gasteiger partial charge in [0.25, 0.3) is 5.91 Å². The molecule has 1 N–H and O–H groups in total. The molecule has 1 aromatic heterocycles. The maximum atomic E-state index is 13.2. The number of aryl methyl sites for hydroxylation is 2. The summed E-state index contributed by atoms with van der Waals surface area (Å²) in [6, 6.07) is 6.52. The third-order valence-electron chi connectivity index (χ3n) is 5.91. The number of carbonyl (C=O) groups excluding carboxylic acids is 3. The third kappa shape index (κ3) is 3.28. The van der Waals surface area contributed by atoms with E-state index in [1.807, 2.05) is 20.9 Å². The number of aromatic nitrogens is 2. The summed E-state index contributed by atoms with van der Waals surface area (Å²) in [7, 11) is 1.87. The molecular weight excluding hydrogens is 370 g/mol. The fourth-order valence-corrected chi connectivity index (χ4v) is 4.23. The minimum atomic E-state index is -0.495. The van der Waals surface area contributed by atoms with E-state index in [1.54, 1.807) is 33.8 Å². The molecule has 29 heavy (non-hydrogen) atoms. The molecule has 1 fully saturated rings. The van der Waals surface area contributed by atoms with Gasteiger partial charge in [0.2, 0.25) is 11.8 Å². The number of nitrogens with zero attached hydrogens (tertiary/aromatic N) is 4. The summed E-state index contributed by atoms with van der Waals surface area (Å²) < 4.78 is 1.78. The Labute approximate surface area is 169 Å². The largest absolute Gasteiger partial charge is 0.350 e. The van der Waals surface area contributed by atoms with E-state index in [0.717, 1.165) is 23.4 Å². The highest BCUT2D eigenvalue weighted by atomic mass is 16.2. The van der Waals surface area contributed by atoms with Crippen LogP contribution in [-0.2, 0) is 23.2 Å². The number of carbonyl (C=O) groups is 3. The molecule has 1 aromatic carbocycles. The molecule has 0 saturated carbocycles. The predicted molar refractivity (Wildman–Crippen MR) is 107 cm³/mol. The Hall–Kier alpha value is -3.16. The fourth-order valence-electron chi connectivity index (χ4n) is 4.23. The molecule has 2 aromatic rings. The summed E-state index contributed by atoms with van der Waals surface area (Å²) in [5, 5.41) is 7.26. The molecule has 2 aliphatic rings. The first-order valence-electron chi connectivity index (χ1n) is 9.85. The highest BCUT2D eigenvalue weighted by Crippen LogP contribution is 2.32. The first-order valence-corrected chi connectivity index (χ1v) is 9.85. The van der Waals surface area contributed by atoms with Gasteiger partial charge in [0, 0.05) is 31.4 Å². The Morgan fingerprint density at radius 1 is 1.24 bits per heavy atom. The van der Waals surface area contributed by atoms with Gasteiger partial charge < -0.3 is 15.1 Å². The number of hydrogen-bond acceptors (Lipinski definition) is 4. The minimum absolute atomic E-state index is 0.119. The summed E-state index contributed by atoms with van der Waals surface area (Å²) in [5.41, 5.74) is 3.80. The van der Waals surface area contributed by atoms with Gasteiger partial charge in [0.05, 0.1) is 16.9 Å². The van der Waals surface area contributed by atoms with Crippen LogP contribution in [0.25, 0.3) is 0 Å². The molecule has 4 rings (SSSR count). The number of anilines is 1. The zero-order valence-electron chi connectivity index (χ0n) is 16.9. The normalized spacial score (nSPS) is 18.5. The van der Waals surface area contributed by atoms with E-state index in [2.05, 4.69) is 10.4 Å². The SMILES string of the molecule is Cc1nn(C)c(C)c1CNC(=O)CN1C(=O)[C@H]2CCCN2C(=O)c2ccccc21. The Morgan fingerprint density at radius 3 is 2.72 bits per heavy atom. The maximum absolute atomic E-state index is 13.2. The van der Waals surface area contributed by atoms with Crippen LogP contribution < -0.4 is 10.2 Å². The smallest absolute Gasteiger partial charge is 0.256 e. The van der Waals surface area contributed by atoms with Crippen LogP contribution in [0.4, 0.5) is 5.69 Å². The Balaban J connectivity index is 1.56. The van der Waals surface area contributed by atoms with Gasteiger partial charge in [-0.3, -0.25) is 19.1 Å². The molecule has 0 bridgehead atoms. The van der Waals surface area contributed by atoms with E-state index in [0.29, 0.717) is 30.8 Å². The van der Waals surface area contributed by atoms with Crippen molar-refractivity contribution in [1.29, 1.82) is 0 Å². The predicted octanol–water partition coefficient (Wildman–Crippen LogP) is 1.30. The number of para-hydroxylation sites is 1. The molecule has 1 atom stereocenters. The van der Waals surface area contributed by atoms with E-state index < -0.39 is 6.04 Å². The van der Waals surface area contributed by atoms with Gasteiger partial charge in [0.1, 0.15) is 12.6 Å². The standard InChI is InChI=1S/C21H25N5O3/c1-13-16(14(2)24(3)23-13)11-22-19(27)12-26-17-8-5-4-7-15(17)20(28)25-10-6-9-18(25)21(26)29/h4-5,7-8,18H,6,9-12H2,1-3H3,(H,22,27)/t18-/m1/s1. The molecule has 3 heterocycles. The van der Waals surface area contributed by atoms with E-state index in [1.165, 1.54) is 4.90 Å². The second-order valence-electron chi connectivity index (χ2n) is 7.65. The summed E-state index contributed by atoms with van der Waals surface area (Å²) in [6.45, 7) is 4.66. The molecule has 152 valence electrons. The molecule has 0 radical (unpaired) electrons. The van der Waals surface area contributed by atoms with Crippen molar-refractivity contribution in [3.05, 3.63) is 46.8 Å². The van der Waals surface area contributed by atoms with Crippen molar-refractivity contribution in [3.63, 3.8) is 0 Å². The second-order valence-corrected chi connectivity index (χ2v) is 7.65. The van der Waals surface area contributed by atoms with Crippen molar-refractivity contribution in [1.82, 2.24) is 20.0 Å². The monoisotopic (exact) mass is 395 g/mol. The summed E-state index contributed by atoms with van der Waals surface area (Å²) in [4.78, 5) is 41.9. The zero-order chi connectivity index (χ0) is 20.7. The molecule has 8 heteroatoms. The number of benzene rings is 1. The fraction of sp³-hybridized carbons (Fsp3) is 0.429. The van der Waals surface area contributed by atoms with Gasteiger partial charge in [0.15, 0.2) is 0 Å². The molecule has 1 saturated heterocycles. The lowest BCUT2D eigenvalue weighted by Gasteiger charge is -2.25. The minimum Gasteiger partial charge on any atom is -0.350 e. The van der Waals surface area contributed by atoms with Crippen LogP contribution in [0.5, 0.6) is 0 Å². The maximum Gasteiger partial charge on any atom is 0.256 e. The van der Waals surface area contributed by atoms with Crippen LogP contribution >= 0.6 is 0 Å². The average molecular weight is 395 g/mol. The average Bonchev–Trinajstić information content (AvgIpc) is 3.27. The van der Waals surface area contributed by atoms with Crippen LogP contribution in [0, 0.1) is 13.8 Å². The third-order valence-corrected chi connectivity index (χ3v) is 5.91. The van der Waals surface area contributed by atoms with Gasteiger partial charge in [-0.1, -0.05) is 12.1 Å². The van der Waals surface area contributed by atoms with E-state index in [4.69, 9.17) is 0 Å². The number of hydrogen-bond donors (Lipinski definition) is 1. The topological polar surface area (TPSA) is 87.5 Å². The highest BCUT2D eigenvalue weighted by molar-refractivity contribution is 6.12. The van der Waals surface area contributed by atoms with Crippen molar-refractivity contribution in [2.75, 3.05) is 18.0 Å². The van der Waals surface area contributed by atoms with Crippen molar-refractivity contribution >= 4 is 23.4 Å². The lowest BCUT2D eigenvalue weighted by Crippen LogP contribution is -2.48. The second kappa shape index (κ2) is 7.35. The Kier molecular flexibility index (Phi) is 4.86. The molecule has 0 spiro atoms. The molecule has 0 aliphatic carbocycles. The quantitative estimate of drug-likeness (QED) is 0.845. The van der Waals surface area contributed by atoms with Crippen LogP contribution in [0.3, 0.4) is 0 Å². The molecule has 8 nitrogen and oxygen atoms in total. The van der Waals surface area contributed by atoms with E-state index in [-0.39, 0.29) is 24.3 Å². The first kappa shape index (κ1) is 19.2. The van der Waals surface area contributed by atoms with Gasteiger partial charge in [-0.2, -0.15) is 5.10 Å². The van der Waals surface area contributed by atoms with Gasteiger partial charge in [-0.05, 0) is 38.8 Å². The van der Waals surface area contributed by atoms with Crippen LogP contribution in [0.15, 0.2) is 24.3 Å². The van der Waals surface area contributed by atoms with Crippen molar-refractivity contribution < 1.29 is 14.4 Å². The summed E-state index contributed by atoms with van der Waals surface area (Å²) >= 11 is 0. The van der Waals surface area contributed by atoms with E-state index >= 15 is 0 Å². The van der Waals surface area contributed by atoms with Crippen molar-refractivity contribution in [3.8, 4) is 0 Å². The van der Waals surface area contributed by atoms with Gasteiger partial charge in [-0.25, -0.2) is 0 Å². The van der Waals surface area contributed by atoms with Crippen LogP contribution in [0.2, 0.25) is 0 Å². The Bertz CT molecular complexity index is 996. The molecule has 3 amide bonds. The van der Waals surface area contributed by atoms with Crippen LogP contribution in [-0.4, -0.2) is 51.5 Å². The molecule has 0 unspecified atom stereocenters. The molecule has 2 aliphatic heterocycles. The Morgan fingerprint density at radius 2 is 2.00 bits per heavy atom. The van der Waals surface area contributed by atoms with Crippen molar-refractivity contribution in [2.45, 2.75) is 39.3 Å². The lowest BCUT2D eigenvalue weighted by atomic mass is 10.1. The first-order chi connectivity index (χ1) is 13.9. The number of amides is 3. The van der Waals surface area contributed by atoms with Gasteiger partial charge >= 0.3 is 0 Å². The number of nitrogens with one attached hydrogen (secondary N) is 1. The summed E-state index contributed by atoms with van der Waals surface area (Å²) in [5.74, 6) is -0.597. The number of fused-ring (bicyclic) bond motifs is 2. The van der Waals surface area contributed by atoms with Crippen molar-refractivity contribution in [2.24, 2.45) is 7.05 Å². The van der Waals surface area contributed by atoms with Gasteiger partial charge in [-0.15, -0.1) is 0 Å². The number of rotatable bonds is 4. The lowest BCUT2D eigenvalue weighted by molar-refractivity contribution is -0.125. The highest BCUT2D eigenvalue weighted by Gasteiger charge is 2.42. The van der Waals surface area contributed by atoms with Crippen LogP contribution in [0.1, 0.15) is 40.2 Å².